The standard InChI is InChI=1S/C9H12NO2.HI/c1-3-12-9(11)8-6-4-5-7-10(8)2;/h4-7H,3H2,1-2H3;1H/q+1;. The van der Waals surface area contributed by atoms with E-state index in [0.29, 0.717) is 12.3 Å². The van der Waals surface area contributed by atoms with Crippen molar-refractivity contribution in [1.82, 2.24) is 0 Å². The second-order valence-corrected chi connectivity index (χ2v) is 2.42. The van der Waals surface area contributed by atoms with E-state index >= 15 is 0 Å². The number of rotatable bonds is 2. The Bertz CT molecular complexity index is 289. The maximum Gasteiger partial charge on any atom is 0.403 e. The molecule has 1 aromatic rings. The zero-order chi connectivity index (χ0) is 8.97. The van der Waals surface area contributed by atoms with Crippen LogP contribution in [0, 0.1) is 0 Å². The van der Waals surface area contributed by atoms with Crippen LogP contribution >= 0.6 is 24.0 Å². The first-order chi connectivity index (χ1) is 5.75. The number of aromatic nitrogens is 1. The highest BCUT2D eigenvalue weighted by Gasteiger charge is 2.15. The number of hydrogen-bond acceptors (Lipinski definition) is 2. The first-order valence-electron chi connectivity index (χ1n) is 3.87. The smallest absolute Gasteiger partial charge is 0.403 e. The Labute approximate surface area is 94.7 Å². The summed E-state index contributed by atoms with van der Waals surface area (Å²) in [4.78, 5) is 11.2. The Morgan fingerprint density at radius 1 is 1.54 bits per heavy atom. The number of hydrogen-bond donors (Lipinski definition) is 0. The molecule has 0 aliphatic heterocycles. The van der Waals surface area contributed by atoms with Crippen LogP contribution in [-0.2, 0) is 11.8 Å². The Hall–Kier alpha value is -0.650. The molecule has 0 fully saturated rings. The molecule has 0 N–H and O–H groups in total. The van der Waals surface area contributed by atoms with Crippen LogP contribution in [0.3, 0.4) is 0 Å². The SMILES string of the molecule is CCOC(=O)c1cccc[n+]1C.I. The second kappa shape index (κ2) is 5.90. The maximum absolute atomic E-state index is 11.2. The molecule has 0 aliphatic rings. The van der Waals surface area contributed by atoms with Gasteiger partial charge in [-0.2, -0.15) is 4.57 Å². The van der Waals surface area contributed by atoms with E-state index < -0.39 is 0 Å². The van der Waals surface area contributed by atoms with Crippen LogP contribution in [0.1, 0.15) is 17.4 Å². The van der Waals surface area contributed by atoms with Gasteiger partial charge in [-0.05, 0) is 13.0 Å². The van der Waals surface area contributed by atoms with Gasteiger partial charge in [0.05, 0.1) is 6.61 Å². The predicted octanol–water partition coefficient (Wildman–Crippen LogP) is 1.31. The van der Waals surface area contributed by atoms with Gasteiger partial charge in [0.2, 0.25) is 0 Å². The molecule has 1 aromatic heterocycles. The third-order valence-electron chi connectivity index (χ3n) is 1.54. The molecule has 0 unspecified atom stereocenters. The predicted molar refractivity (Wildman–Crippen MR) is 59.0 cm³/mol. The minimum absolute atomic E-state index is 0. The van der Waals surface area contributed by atoms with Crippen LogP contribution in [-0.4, -0.2) is 12.6 Å². The fourth-order valence-corrected chi connectivity index (χ4v) is 0.940. The first kappa shape index (κ1) is 12.3. The quantitative estimate of drug-likeness (QED) is 0.468. The Morgan fingerprint density at radius 3 is 2.77 bits per heavy atom. The molecular formula is C9H13INO2+. The number of nitrogens with zero attached hydrogens (tertiary/aromatic N) is 1. The van der Waals surface area contributed by atoms with Gasteiger partial charge in [0.25, 0.3) is 5.69 Å². The lowest BCUT2D eigenvalue weighted by Crippen LogP contribution is -2.36. The Kier molecular flexibility index (Phi) is 5.61. The average molecular weight is 294 g/mol. The zero-order valence-electron chi connectivity index (χ0n) is 7.69. The molecule has 72 valence electrons. The monoisotopic (exact) mass is 294 g/mol. The van der Waals surface area contributed by atoms with Crippen molar-refractivity contribution in [3.05, 3.63) is 30.1 Å². The van der Waals surface area contributed by atoms with E-state index in [-0.39, 0.29) is 29.9 Å². The topological polar surface area (TPSA) is 30.2 Å². The van der Waals surface area contributed by atoms with Gasteiger partial charge in [-0.1, -0.05) is 0 Å². The van der Waals surface area contributed by atoms with Gasteiger partial charge < -0.3 is 4.74 Å². The van der Waals surface area contributed by atoms with Crippen molar-refractivity contribution in [2.45, 2.75) is 6.92 Å². The van der Waals surface area contributed by atoms with Crippen molar-refractivity contribution in [1.29, 1.82) is 0 Å². The molecule has 0 bridgehead atoms. The molecule has 0 saturated heterocycles. The summed E-state index contributed by atoms with van der Waals surface area (Å²) in [6.07, 6.45) is 1.81. The summed E-state index contributed by atoms with van der Waals surface area (Å²) in [5.41, 5.74) is 0.569. The molecular weight excluding hydrogens is 281 g/mol. The van der Waals surface area contributed by atoms with Gasteiger partial charge in [-0.25, -0.2) is 4.79 Å². The lowest BCUT2D eigenvalue weighted by atomic mass is 10.3. The van der Waals surface area contributed by atoms with Gasteiger partial charge in [0.15, 0.2) is 6.20 Å². The summed E-state index contributed by atoms with van der Waals surface area (Å²) in [5, 5.41) is 0. The van der Waals surface area contributed by atoms with E-state index in [0.717, 1.165) is 0 Å². The lowest BCUT2D eigenvalue weighted by molar-refractivity contribution is -0.674. The normalized spacial score (nSPS) is 8.77. The molecule has 1 heterocycles. The molecule has 13 heavy (non-hydrogen) atoms. The van der Waals surface area contributed by atoms with Crippen molar-refractivity contribution in [2.24, 2.45) is 7.05 Å². The van der Waals surface area contributed by atoms with E-state index in [4.69, 9.17) is 4.74 Å². The van der Waals surface area contributed by atoms with Crippen LogP contribution in [0.4, 0.5) is 0 Å². The van der Waals surface area contributed by atoms with Crippen LogP contribution in [0.2, 0.25) is 0 Å². The van der Waals surface area contributed by atoms with Crippen LogP contribution in [0.25, 0.3) is 0 Å². The molecule has 0 spiro atoms. The Balaban J connectivity index is 0.00000144. The highest BCUT2D eigenvalue weighted by Crippen LogP contribution is 1.93. The average Bonchev–Trinajstić information content (AvgIpc) is 2.05. The molecule has 0 aromatic carbocycles. The molecule has 3 nitrogen and oxygen atoms in total. The number of ether oxygens (including phenoxy) is 1. The molecule has 4 heteroatoms. The number of halogens is 1. The van der Waals surface area contributed by atoms with Crippen LogP contribution in [0.15, 0.2) is 24.4 Å². The number of pyridine rings is 1. The fraction of sp³-hybridized carbons (Fsp3) is 0.333. The third kappa shape index (κ3) is 3.30. The molecule has 0 amide bonds. The molecule has 0 radical (unpaired) electrons. The molecule has 0 aliphatic carbocycles. The maximum atomic E-state index is 11.2. The van der Waals surface area contributed by atoms with Crippen molar-refractivity contribution < 1.29 is 14.1 Å². The summed E-state index contributed by atoms with van der Waals surface area (Å²) >= 11 is 0. The van der Waals surface area contributed by atoms with E-state index in [9.17, 15) is 4.79 Å². The number of carbonyl (C=O) groups is 1. The molecule has 0 saturated carbocycles. The molecule has 1 rings (SSSR count). The fourth-order valence-electron chi connectivity index (χ4n) is 0.940. The number of esters is 1. The van der Waals surface area contributed by atoms with Crippen molar-refractivity contribution in [3.8, 4) is 0 Å². The van der Waals surface area contributed by atoms with Gasteiger partial charge in [-0.15, -0.1) is 24.0 Å². The van der Waals surface area contributed by atoms with Crippen LogP contribution in [0.5, 0.6) is 0 Å². The summed E-state index contributed by atoms with van der Waals surface area (Å²) in [5.74, 6) is -0.277. The zero-order valence-corrected chi connectivity index (χ0v) is 10.0. The Morgan fingerprint density at radius 2 is 2.23 bits per heavy atom. The van der Waals surface area contributed by atoms with E-state index in [1.165, 1.54) is 0 Å². The largest absolute Gasteiger partial charge is 0.458 e. The summed E-state index contributed by atoms with van der Waals surface area (Å²) in [6, 6.07) is 5.41. The summed E-state index contributed by atoms with van der Waals surface area (Å²) in [6.45, 7) is 2.20. The summed E-state index contributed by atoms with van der Waals surface area (Å²) < 4.78 is 6.58. The van der Waals surface area contributed by atoms with Gasteiger partial charge >= 0.3 is 5.97 Å². The minimum Gasteiger partial charge on any atom is -0.458 e. The van der Waals surface area contributed by atoms with E-state index in [2.05, 4.69) is 0 Å². The summed E-state index contributed by atoms with van der Waals surface area (Å²) in [7, 11) is 1.81. The third-order valence-corrected chi connectivity index (χ3v) is 1.54. The van der Waals surface area contributed by atoms with Gasteiger partial charge in [0.1, 0.15) is 7.05 Å². The minimum atomic E-state index is -0.277. The van der Waals surface area contributed by atoms with E-state index in [1.807, 2.05) is 25.4 Å². The van der Waals surface area contributed by atoms with E-state index in [1.54, 1.807) is 17.6 Å². The van der Waals surface area contributed by atoms with Gasteiger partial charge in [0, 0.05) is 12.1 Å². The highest BCUT2D eigenvalue weighted by atomic mass is 127. The highest BCUT2D eigenvalue weighted by molar-refractivity contribution is 14.0. The molecule has 0 atom stereocenters. The van der Waals surface area contributed by atoms with Crippen molar-refractivity contribution in [2.75, 3.05) is 6.61 Å². The second-order valence-electron chi connectivity index (χ2n) is 2.42. The number of aryl methyl sites for hydroxylation is 1. The first-order valence-corrected chi connectivity index (χ1v) is 3.87. The van der Waals surface area contributed by atoms with Crippen molar-refractivity contribution in [3.63, 3.8) is 0 Å². The lowest BCUT2D eigenvalue weighted by Gasteiger charge is -1.98. The van der Waals surface area contributed by atoms with Crippen molar-refractivity contribution >= 4 is 29.9 Å². The number of carbonyl (C=O) groups excluding carboxylic acids is 1. The van der Waals surface area contributed by atoms with Crippen LogP contribution < -0.4 is 4.57 Å². The van der Waals surface area contributed by atoms with Gasteiger partial charge in [-0.3, -0.25) is 0 Å².